The number of carbonyl (C=O) groups excluding carboxylic acids is 3. The van der Waals surface area contributed by atoms with Gasteiger partial charge in [0.25, 0.3) is 0 Å². The number of aliphatic hydroxyl groups excluding tert-OH is 1. The number of hydrogen-bond donors (Lipinski definition) is 1. The lowest BCUT2D eigenvalue weighted by atomic mass is 10.0. The fourth-order valence-corrected chi connectivity index (χ4v) is 3.46. The minimum Gasteiger partial charge on any atom is -0.458 e. The average molecular weight is 547 g/mol. The quantitative estimate of drug-likeness (QED) is 0.134. The van der Waals surface area contributed by atoms with Gasteiger partial charge in [-0.15, -0.1) is 0 Å². The van der Waals surface area contributed by atoms with Gasteiger partial charge in [0.2, 0.25) is 6.29 Å². The highest BCUT2D eigenvalue weighted by molar-refractivity contribution is 5.82. The van der Waals surface area contributed by atoms with E-state index in [-0.39, 0.29) is 31.1 Å². The highest BCUT2D eigenvalue weighted by Gasteiger charge is 2.17. The Kier molecular flexibility index (Phi) is 10.5. The second-order valence-corrected chi connectivity index (χ2v) is 8.28. The molecule has 9 heteroatoms. The Morgan fingerprint density at radius 2 is 1.27 bits per heavy atom. The molecule has 0 aliphatic rings. The van der Waals surface area contributed by atoms with Gasteiger partial charge in [-0.3, -0.25) is 0 Å². The Morgan fingerprint density at radius 3 is 1.85 bits per heavy atom. The van der Waals surface area contributed by atoms with Crippen molar-refractivity contribution >= 4 is 17.9 Å². The minimum absolute atomic E-state index is 0.0868. The van der Waals surface area contributed by atoms with Crippen LogP contribution in [0.4, 0.5) is 4.39 Å². The minimum atomic E-state index is -1.56. The Bertz CT molecular complexity index is 1410. The average Bonchev–Trinajstić information content (AvgIpc) is 2.98. The molecule has 0 aliphatic carbocycles. The van der Waals surface area contributed by atoms with Crippen molar-refractivity contribution in [1.29, 1.82) is 0 Å². The lowest BCUT2D eigenvalue weighted by Gasteiger charge is -2.17. The van der Waals surface area contributed by atoms with Gasteiger partial charge in [0.15, 0.2) is 11.6 Å². The number of carbonyl (C=O) groups is 3. The van der Waals surface area contributed by atoms with E-state index in [1.54, 1.807) is 36.4 Å². The van der Waals surface area contributed by atoms with Crippen LogP contribution < -0.4 is 4.74 Å². The molecule has 1 unspecified atom stereocenters. The van der Waals surface area contributed by atoms with Gasteiger partial charge in [-0.1, -0.05) is 62.2 Å². The Hall–Kier alpha value is -5.02. The molecule has 0 fully saturated rings. The summed E-state index contributed by atoms with van der Waals surface area (Å²) >= 11 is 0. The summed E-state index contributed by atoms with van der Waals surface area (Å²) in [7, 11) is 0. The maximum Gasteiger partial charge on any atom is 0.330 e. The molecule has 0 aliphatic heterocycles. The third-order valence-electron chi connectivity index (χ3n) is 5.59. The zero-order valence-corrected chi connectivity index (χ0v) is 21.5. The fraction of sp³-hybridized carbons (Fsp3) is 0.129. The Labute approximate surface area is 230 Å². The van der Waals surface area contributed by atoms with Crippen molar-refractivity contribution in [3.63, 3.8) is 0 Å². The van der Waals surface area contributed by atoms with Crippen molar-refractivity contribution in [1.82, 2.24) is 0 Å². The Morgan fingerprint density at radius 1 is 0.725 bits per heavy atom. The molecule has 0 spiro atoms. The molecule has 1 atom stereocenters. The predicted molar refractivity (Wildman–Crippen MR) is 144 cm³/mol. The summed E-state index contributed by atoms with van der Waals surface area (Å²) in [6.45, 7) is 9.80. The molecule has 1 N–H and O–H groups in total. The number of ether oxygens (including phenoxy) is 4. The lowest BCUT2D eigenvalue weighted by molar-refractivity contribution is -0.140. The van der Waals surface area contributed by atoms with Crippen LogP contribution in [0.2, 0.25) is 0 Å². The van der Waals surface area contributed by atoms with E-state index in [0.29, 0.717) is 16.7 Å². The molecule has 3 aromatic carbocycles. The second kappa shape index (κ2) is 14.2. The molecule has 0 saturated carbocycles. The maximum atomic E-state index is 14.9. The van der Waals surface area contributed by atoms with E-state index >= 15 is 0 Å². The van der Waals surface area contributed by atoms with Crippen LogP contribution in [0.25, 0.3) is 11.1 Å². The van der Waals surface area contributed by atoms with Crippen LogP contribution in [0.3, 0.4) is 0 Å². The highest BCUT2D eigenvalue weighted by Crippen LogP contribution is 2.29. The first-order valence-corrected chi connectivity index (χ1v) is 12.0. The van der Waals surface area contributed by atoms with Crippen molar-refractivity contribution in [2.75, 3.05) is 0 Å². The van der Waals surface area contributed by atoms with Gasteiger partial charge < -0.3 is 24.1 Å². The summed E-state index contributed by atoms with van der Waals surface area (Å²) in [4.78, 5) is 34.2. The summed E-state index contributed by atoms with van der Waals surface area (Å²) in [6, 6.07) is 15.9. The number of rotatable bonds is 13. The number of halogens is 1. The lowest BCUT2D eigenvalue weighted by Crippen LogP contribution is -2.11. The zero-order valence-electron chi connectivity index (χ0n) is 21.5. The molecule has 40 heavy (non-hydrogen) atoms. The van der Waals surface area contributed by atoms with E-state index < -0.39 is 30.0 Å². The summed E-state index contributed by atoms with van der Waals surface area (Å²) in [5.41, 5.74) is 3.25. The van der Waals surface area contributed by atoms with Crippen LogP contribution in [0, 0.1) is 5.82 Å². The molecule has 3 aromatic rings. The van der Waals surface area contributed by atoms with Crippen LogP contribution in [-0.4, -0.2) is 23.0 Å². The largest absolute Gasteiger partial charge is 0.458 e. The first-order chi connectivity index (χ1) is 19.2. The third-order valence-corrected chi connectivity index (χ3v) is 5.59. The van der Waals surface area contributed by atoms with E-state index in [1.165, 1.54) is 24.3 Å². The molecular weight excluding hydrogens is 519 g/mol. The molecule has 206 valence electrons. The van der Waals surface area contributed by atoms with E-state index in [9.17, 15) is 23.9 Å². The highest BCUT2D eigenvalue weighted by atomic mass is 19.1. The standard InChI is InChI=1S/C31H27FO8/c1-4-28(33)37-17-20-7-9-21(10-8-20)22-13-14-27(26(32)16-22)40-31(36)23-11-12-24(18-38-29(34)5-2)25(15-23)19-39-30(35)6-3/h4-16,31,36H,1-3,17-19H2. The predicted octanol–water partition coefficient (Wildman–Crippen LogP) is 5.25. The van der Waals surface area contributed by atoms with Crippen molar-refractivity contribution in [2.24, 2.45) is 0 Å². The summed E-state index contributed by atoms with van der Waals surface area (Å²) in [6.07, 6.45) is 1.54. The third kappa shape index (κ3) is 8.24. The number of aliphatic hydroxyl groups is 1. The van der Waals surface area contributed by atoms with Gasteiger partial charge in [-0.25, -0.2) is 18.8 Å². The van der Waals surface area contributed by atoms with Crippen molar-refractivity contribution in [2.45, 2.75) is 26.1 Å². The smallest absolute Gasteiger partial charge is 0.330 e. The molecule has 3 rings (SSSR count). The maximum absolute atomic E-state index is 14.9. The zero-order chi connectivity index (χ0) is 29.1. The van der Waals surface area contributed by atoms with E-state index in [0.717, 1.165) is 29.4 Å². The van der Waals surface area contributed by atoms with Crippen molar-refractivity contribution in [3.05, 3.63) is 127 Å². The van der Waals surface area contributed by atoms with Gasteiger partial charge in [-0.05, 0) is 46.0 Å². The molecular formula is C31H27FO8. The van der Waals surface area contributed by atoms with Crippen LogP contribution in [0.1, 0.15) is 28.5 Å². The van der Waals surface area contributed by atoms with E-state index in [2.05, 4.69) is 19.7 Å². The molecule has 8 nitrogen and oxygen atoms in total. The molecule has 0 aromatic heterocycles. The van der Waals surface area contributed by atoms with Gasteiger partial charge in [0, 0.05) is 23.8 Å². The van der Waals surface area contributed by atoms with E-state index in [1.807, 2.05) is 0 Å². The van der Waals surface area contributed by atoms with Gasteiger partial charge >= 0.3 is 17.9 Å². The van der Waals surface area contributed by atoms with Crippen molar-refractivity contribution < 1.29 is 42.8 Å². The Balaban J connectivity index is 1.73. The topological polar surface area (TPSA) is 108 Å². The first kappa shape index (κ1) is 29.5. The van der Waals surface area contributed by atoms with Crippen molar-refractivity contribution in [3.8, 4) is 16.9 Å². The first-order valence-electron chi connectivity index (χ1n) is 12.0. The molecule has 0 bridgehead atoms. The SMILES string of the molecule is C=CC(=O)OCc1ccc(-c2ccc(OC(O)c3ccc(COC(=O)C=C)c(COC(=O)C=C)c3)c(F)c2)cc1. The van der Waals surface area contributed by atoms with Gasteiger partial charge in [0.1, 0.15) is 19.8 Å². The number of esters is 3. The normalized spacial score (nSPS) is 11.1. The summed E-state index contributed by atoms with van der Waals surface area (Å²) in [5.74, 6) is -2.71. The van der Waals surface area contributed by atoms with Gasteiger partial charge in [0.05, 0.1) is 0 Å². The van der Waals surface area contributed by atoms with Gasteiger partial charge in [-0.2, -0.15) is 0 Å². The molecule has 0 saturated heterocycles. The van der Waals surface area contributed by atoms with Crippen LogP contribution >= 0.6 is 0 Å². The second-order valence-electron chi connectivity index (χ2n) is 8.28. The fourth-order valence-electron chi connectivity index (χ4n) is 3.46. The summed E-state index contributed by atoms with van der Waals surface area (Å²) < 4.78 is 35.5. The van der Waals surface area contributed by atoms with E-state index in [4.69, 9.17) is 18.9 Å². The van der Waals surface area contributed by atoms with Crippen LogP contribution in [-0.2, 0) is 48.4 Å². The summed E-state index contributed by atoms with van der Waals surface area (Å²) in [5, 5.41) is 10.7. The molecule has 0 heterocycles. The monoisotopic (exact) mass is 546 g/mol. The van der Waals surface area contributed by atoms with Crippen LogP contribution in [0.5, 0.6) is 5.75 Å². The number of benzene rings is 3. The number of hydrogen-bond acceptors (Lipinski definition) is 8. The molecule has 0 radical (unpaired) electrons. The molecule has 0 amide bonds. The van der Waals surface area contributed by atoms with Crippen LogP contribution in [0.15, 0.2) is 98.6 Å².